The van der Waals surface area contributed by atoms with Crippen LogP contribution in [0.2, 0.25) is 5.02 Å². The summed E-state index contributed by atoms with van der Waals surface area (Å²) in [5.41, 5.74) is -0.514. The highest BCUT2D eigenvalue weighted by atomic mass is 35.5. The van der Waals surface area contributed by atoms with E-state index in [2.05, 4.69) is 0 Å². The zero-order chi connectivity index (χ0) is 23.9. The number of halogens is 2. The highest BCUT2D eigenvalue weighted by molar-refractivity contribution is 7.89. The van der Waals surface area contributed by atoms with Crippen molar-refractivity contribution < 1.29 is 22.7 Å². The predicted molar refractivity (Wildman–Crippen MR) is 123 cm³/mol. The number of piperazine rings is 1. The van der Waals surface area contributed by atoms with Crippen LogP contribution < -0.4 is 10.3 Å². The summed E-state index contributed by atoms with van der Waals surface area (Å²) in [5.74, 6) is -2.04. The van der Waals surface area contributed by atoms with Gasteiger partial charge in [0.15, 0.2) is 0 Å². The Bertz CT molecular complexity index is 1400. The molecule has 33 heavy (non-hydrogen) atoms. The zero-order valence-corrected chi connectivity index (χ0v) is 19.2. The second-order valence-electron chi connectivity index (χ2n) is 7.63. The van der Waals surface area contributed by atoms with Crippen molar-refractivity contribution in [3.05, 3.63) is 69.2 Å². The molecule has 1 fully saturated rings. The SMILES string of the molecule is CCn1cc(C(=O)O)c(=O)c2cc(F)c(N3CCN(S(=O)(=O)c4ccc(Cl)cc4)CC3)cc21. The van der Waals surface area contributed by atoms with Crippen molar-refractivity contribution in [2.24, 2.45) is 0 Å². The minimum absolute atomic E-state index is 0.0121. The van der Waals surface area contributed by atoms with Crippen LogP contribution in [0.4, 0.5) is 10.1 Å². The first-order valence-corrected chi connectivity index (χ1v) is 12.1. The first-order valence-electron chi connectivity index (χ1n) is 10.2. The van der Waals surface area contributed by atoms with Crippen molar-refractivity contribution in [2.75, 3.05) is 31.1 Å². The molecule has 1 aliphatic heterocycles. The van der Waals surface area contributed by atoms with E-state index in [1.165, 1.54) is 40.8 Å². The van der Waals surface area contributed by atoms with Crippen LogP contribution in [-0.2, 0) is 16.6 Å². The predicted octanol–water partition coefficient (Wildman–Crippen LogP) is 3.02. The first-order chi connectivity index (χ1) is 15.6. The smallest absolute Gasteiger partial charge is 0.341 e. The highest BCUT2D eigenvalue weighted by Gasteiger charge is 2.30. The number of aryl methyl sites for hydroxylation is 1. The third kappa shape index (κ3) is 4.21. The summed E-state index contributed by atoms with van der Waals surface area (Å²) in [6.45, 7) is 2.98. The number of aromatic carboxylic acids is 1. The summed E-state index contributed by atoms with van der Waals surface area (Å²) in [6.07, 6.45) is 1.26. The fraction of sp³-hybridized carbons (Fsp3) is 0.273. The number of carboxylic acids is 1. The maximum atomic E-state index is 15.0. The number of nitrogens with zero attached hydrogens (tertiary/aromatic N) is 3. The summed E-state index contributed by atoms with van der Waals surface area (Å²) in [4.78, 5) is 25.8. The molecule has 8 nitrogen and oxygen atoms in total. The van der Waals surface area contributed by atoms with Crippen molar-refractivity contribution in [2.45, 2.75) is 18.4 Å². The molecule has 174 valence electrons. The molecule has 2 heterocycles. The van der Waals surface area contributed by atoms with Crippen molar-refractivity contribution >= 4 is 44.2 Å². The topological polar surface area (TPSA) is 99.9 Å². The van der Waals surface area contributed by atoms with Crippen LogP contribution in [0, 0.1) is 5.82 Å². The summed E-state index contributed by atoms with van der Waals surface area (Å²) in [6, 6.07) is 8.49. The van der Waals surface area contributed by atoms with Gasteiger partial charge in [-0.15, -0.1) is 0 Å². The van der Waals surface area contributed by atoms with Gasteiger partial charge in [-0.1, -0.05) is 11.6 Å². The molecular formula is C22H21ClFN3O5S. The first kappa shape index (κ1) is 23.2. The Balaban J connectivity index is 1.64. The number of carboxylic acid groups (broad SMARTS) is 1. The number of hydrogen-bond acceptors (Lipinski definition) is 5. The van der Waals surface area contributed by atoms with E-state index in [9.17, 15) is 23.1 Å². The van der Waals surface area contributed by atoms with E-state index in [1.807, 2.05) is 0 Å². The molecule has 0 unspecified atom stereocenters. The lowest BCUT2D eigenvalue weighted by Crippen LogP contribution is -2.48. The number of aromatic nitrogens is 1. The summed E-state index contributed by atoms with van der Waals surface area (Å²) >= 11 is 5.85. The van der Waals surface area contributed by atoms with Gasteiger partial charge in [0.2, 0.25) is 15.5 Å². The van der Waals surface area contributed by atoms with Gasteiger partial charge in [-0.05, 0) is 43.3 Å². The van der Waals surface area contributed by atoms with E-state index in [4.69, 9.17) is 11.6 Å². The van der Waals surface area contributed by atoms with Gasteiger partial charge in [0.25, 0.3) is 0 Å². The van der Waals surface area contributed by atoms with Gasteiger partial charge in [-0.25, -0.2) is 17.6 Å². The third-order valence-electron chi connectivity index (χ3n) is 5.75. The Morgan fingerprint density at radius 1 is 1.12 bits per heavy atom. The Hall–Kier alpha value is -2.95. The fourth-order valence-corrected chi connectivity index (χ4v) is 5.53. The number of anilines is 1. The summed E-state index contributed by atoms with van der Waals surface area (Å²) in [5, 5.41) is 9.71. The van der Waals surface area contributed by atoms with Crippen LogP contribution in [0.3, 0.4) is 0 Å². The lowest BCUT2D eigenvalue weighted by atomic mass is 10.1. The van der Waals surface area contributed by atoms with Crippen molar-refractivity contribution in [1.29, 1.82) is 0 Å². The van der Waals surface area contributed by atoms with Crippen molar-refractivity contribution in [3.8, 4) is 0 Å². The second-order valence-corrected chi connectivity index (χ2v) is 10.0. The van der Waals surface area contributed by atoms with Crippen LogP contribution in [0.1, 0.15) is 17.3 Å². The van der Waals surface area contributed by atoms with Gasteiger partial charge in [0.1, 0.15) is 11.4 Å². The largest absolute Gasteiger partial charge is 0.477 e. The number of fused-ring (bicyclic) bond motifs is 1. The Morgan fingerprint density at radius 2 is 1.76 bits per heavy atom. The minimum Gasteiger partial charge on any atom is -0.477 e. The Morgan fingerprint density at radius 3 is 2.33 bits per heavy atom. The molecule has 0 saturated carbocycles. The van der Waals surface area contributed by atoms with E-state index in [0.29, 0.717) is 17.1 Å². The molecular weight excluding hydrogens is 473 g/mol. The number of sulfonamides is 1. The molecule has 0 radical (unpaired) electrons. The van der Waals surface area contributed by atoms with Crippen LogP contribution >= 0.6 is 11.6 Å². The van der Waals surface area contributed by atoms with Gasteiger partial charge in [0, 0.05) is 49.3 Å². The number of rotatable bonds is 5. The molecule has 1 aliphatic rings. The summed E-state index contributed by atoms with van der Waals surface area (Å²) in [7, 11) is -3.71. The van der Waals surface area contributed by atoms with Gasteiger partial charge in [-0.2, -0.15) is 4.31 Å². The monoisotopic (exact) mass is 493 g/mol. The molecule has 3 aromatic rings. The maximum Gasteiger partial charge on any atom is 0.341 e. The van der Waals surface area contributed by atoms with Gasteiger partial charge in [-0.3, -0.25) is 4.79 Å². The van der Waals surface area contributed by atoms with Crippen LogP contribution in [-0.4, -0.2) is 54.5 Å². The Kier molecular flexibility index (Phi) is 6.17. The second kappa shape index (κ2) is 8.77. The molecule has 0 bridgehead atoms. The Labute approximate surface area is 194 Å². The van der Waals surface area contributed by atoms with Crippen LogP contribution in [0.5, 0.6) is 0 Å². The molecule has 1 N–H and O–H groups in total. The molecule has 0 atom stereocenters. The minimum atomic E-state index is -3.71. The number of benzene rings is 2. The lowest BCUT2D eigenvalue weighted by molar-refractivity contribution is 0.0695. The third-order valence-corrected chi connectivity index (χ3v) is 7.92. The fourth-order valence-electron chi connectivity index (χ4n) is 3.98. The highest BCUT2D eigenvalue weighted by Crippen LogP contribution is 2.28. The van der Waals surface area contributed by atoms with E-state index in [-0.39, 0.29) is 42.1 Å². The van der Waals surface area contributed by atoms with Gasteiger partial charge < -0.3 is 14.6 Å². The van der Waals surface area contributed by atoms with Crippen molar-refractivity contribution in [3.63, 3.8) is 0 Å². The average molecular weight is 494 g/mol. The van der Waals surface area contributed by atoms with Crippen molar-refractivity contribution in [1.82, 2.24) is 8.87 Å². The normalized spacial score (nSPS) is 15.2. The number of carbonyl (C=O) groups is 1. The molecule has 11 heteroatoms. The average Bonchev–Trinajstić information content (AvgIpc) is 2.79. The maximum absolute atomic E-state index is 15.0. The van der Waals surface area contributed by atoms with Gasteiger partial charge >= 0.3 is 5.97 Å². The van der Waals surface area contributed by atoms with E-state index >= 15 is 4.39 Å². The number of pyridine rings is 1. The molecule has 0 spiro atoms. The van der Waals surface area contributed by atoms with Gasteiger partial charge in [0.05, 0.1) is 16.1 Å². The lowest BCUT2D eigenvalue weighted by Gasteiger charge is -2.35. The summed E-state index contributed by atoms with van der Waals surface area (Å²) < 4.78 is 43.7. The molecule has 4 rings (SSSR count). The molecule has 0 aliphatic carbocycles. The molecule has 0 amide bonds. The molecule has 2 aromatic carbocycles. The zero-order valence-electron chi connectivity index (χ0n) is 17.7. The molecule has 1 saturated heterocycles. The van der Waals surface area contributed by atoms with E-state index in [0.717, 1.165) is 6.07 Å². The standard InChI is InChI=1S/C22H21ClFN3O5S/c1-2-25-13-17(22(29)30)21(28)16-11-18(24)20(12-19(16)25)26-7-9-27(10-8-26)33(31,32)15-5-3-14(23)4-6-15/h3-6,11-13H,2,7-10H2,1H3,(H,29,30). The van der Waals surface area contributed by atoms with Crippen LogP contribution in [0.15, 0.2) is 52.3 Å². The quantitative estimate of drug-likeness (QED) is 0.586. The molecule has 1 aromatic heterocycles. The van der Waals surface area contributed by atoms with Crippen LogP contribution in [0.25, 0.3) is 10.9 Å². The van der Waals surface area contributed by atoms with E-state index < -0.39 is 32.8 Å². The number of hydrogen-bond donors (Lipinski definition) is 1. The van der Waals surface area contributed by atoms with E-state index in [1.54, 1.807) is 16.4 Å².